The molecule has 0 N–H and O–H groups in total. The highest BCUT2D eigenvalue weighted by Crippen LogP contribution is 2.47. The second-order valence-corrected chi connectivity index (χ2v) is 50.8. The van der Waals surface area contributed by atoms with Crippen LogP contribution in [0.5, 0.6) is 0 Å². The van der Waals surface area contributed by atoms with Crippen molar-refractivity contribution in [3.8, 4) is 0 Å². The zero-order valence-corrected chi connectivity index (χ0v) is 65.6. The molecule has 0 spiro atoms. The normalized spacial score (nSPS) is 13.5. The van der Waals surface area contributed by atoms with E-state index in [1.807, 2.05) is 0 Å². The molecule has 0 aromatic heterocycles. The van der Waals surface area contributed by atoms with Crippen molar-refractivity contribution in [1.82, 2.24) is 0 Å². The molecular formula is C78H128S3Si3. The molecule has 0 atom stereocenters. The van der Waals surface area contributed by atoms with Gasteiger partial charge >= 0.3 is 0 Å². The molecule has 0 aliphatic rings. The van der Waals surface area contributed by atoms with E-state index in [1.54, 1.807) is 15.9 Å². The maximum absolute atomic E-state index is 5.02. The van der Waals surface area contributed by atoms with Gasteiger partial charge in [0.05, 0.1) is 24.2 Å². The molecule has 0 bridgehead atoms. The molecular weight excluding hydrogens is 1120 g/mol. The van der Waals surface area contributed by atoms with Gasteiger partial charge in [0.1, 0.15) is 0 Å². The summed E-state index contributed by atoms with van der Waals surface area (Å²) in [6.45, 7) is 71.0. The second kappa shape index (κ2) is 29.6. The molecule has 0 fully saturated rings. The molecule has 0 nitrogen and oxygen atoms in total. The fourth-order valence-electron chi connectivity index (χ4n) is 14.5. The summed E-state index contributed by atoms with van der Waals surface area (Å²) < 4.78 is 0. The lowest BCUT2D eigenvalue weighted by Gasteiger charge is -2.44. The van der Waals surface area contributed by atoms with Gasteiger partial charge in [0.2, 0.25) is 0 Å². The van der Waals surface area contributed by atoms with Gasteiger partial charge in [-0.3, -0.25) is 0 Å². The summed E-state index contributed by atoms with van der Waals surface area (Å²) in [6.07, 6.45) is 2.54. The van der Waals surface area contributed by atoms with Gasteiger partial charge in [0.15, 0.2) is 0 Å². The van der Waals surface area contributed by atoms with E-state index in [4.69, 9.17) is 37.9 Å². The Morgan fingerprint density at radius 1 is 0.321 bits per heavy atom. The van der Waals surface area contributed by atoms with E-state index in [0.717, 1.165) is 16.6 Å². The zero-order chi connectivity index (χ0) is 64.7. The maximum atomic E-state index is 5.02. The molecule has 0 amide bonds. The molecule has 470 valence electrons. The number of thiol groups is 3. The van der Waals surface area contributed by atoms with Crippen LogP contribution in [-0.2, 0) is 50.6 Å². The third kappa shape index (κ3) is 18.7. The largest absolute Gasteiger partial charge is 0.143 e. The van der Waals surface area contributed by atoms with Gasteiger partial charge in [-0.25, -0.2) is 0 Å². The van der Waals surface area contributed by atoms with E-state index < -0.39 is 24.2 Å². The van der Waals surface area contributed by atoms with Crippen molar-refractivity contribution in [2.45, 2.75) is 326 Å². The monoisotopic (exact) mass is 1240 g/mol. The van der Waals surface area contributed by atoms with Gasteiger partial charge in [0, 0.05) is 14.7 Å². The molecule has 5 aromatic carbocycles. The lowest BCUT2D eigenvalue weighted by molar-refractivity contribution is 0.545. The summed E-state index contributed by atoms with van der Waals surface area (Å²) in [6, 6.07) is 44.1. The molecule has 0 aliphatic heterocycles. The highest BCUT2D eigenvalue weighted by Gasteiger charge is 2.44. The Morgan fingerprint density at radius 2 is 0.560 bits per heavy atom. The summed E-state index contributed by atoms with van der Waals surface area (Å²) in [5.74, 6) is 0. The molecule has 0 unspecified atom stereocenters. The lowest BCUT2D eigenvalue weighted by Crippen LogP contribution is -2.55. The summed E-state index contributed by atoms with van der Waals surface area (Å²) in [7, 11) is -4.87. The van der Waals surface area contributed by atoms with Crippen LogP contribution >= 0.6 is 37.9 Å². The van der Waals surface area contributed by atoms with Crippen LogP contribution in [0.15, 0.2) is 112 Å². The van der Waals surface area contributed by atoms with Gasteiger partial charge in [-0.15, -0.1) is 37.9 Å². The molecule has 5 rings (SSSR count). The first-order valence-electron chi connectivity index (χ1n) is 32.9. The SMILES string of the molecule is CC(C)[Si](Cc1cc(C(C)(C)C)c(S)c(C(C)(C)C)c1)(C(C)C)C(C)C.CC(C)[Si](Cc1cc(C(C)(C)C)c(S)c(C(C)(C)C)c1)(c1ccccc1)C(C)C.CCC[Si](CCC)(Cc1cc(C(C)(C)C)c(S)c(C(C)(C)C)c1)c1ccccc1. The molecule has 6 heteroatoms. The van der Waals surface area contributed by atoms with Crippen molar-refractivity contribution in [3.63, 3.8) is 0 Å². The highest BCUT2D eigenvalue weighted by molar-refractivity contribution is 7.80. The number of hydrogen-bond donors (Lipinski definition) is 3. The van der Waals surface area contributed by atoms with E-state index in [0.29, 0.717) is 11.1 Å². The molecule has 0 saturated heterocycles. The van der Waals surface area contributed by atoms with Gasteiger partial charge in [-0.2, -0.15) is 0 Å². The minimum atomic E-state index is -1.77. The second-order valence-electron chi connectivity index (χ2n) is 33.6. The first-order chi connectivity index (χ1) is 38.2. The fraction of sp³-hybridized carbons (Fsp3) is 0.615. The van der Waals surface area contributed by atoms with Crippen molar-refractivity contribution in [2.75, 3.05) is 0 Å². The minimum Gasteiger partial charge on any atom is -0.143 e. The van der Waals surface area contributed by atoms with Crippen LogP contribution in [0.4, 0.5) is 0 Å². The Morgan fingerprint density at radius 3 is 0.786 bits per heavy atom. The Bertz CT molecular complexity index is 2710. The Hall–Kier alpha value is -2.20. The van der Waals surface area contributed by atoms with Crippen LogP contribution < -0.4 is 10.4 Å². The maximum Gasteiger partial charge on any atom is 0.0960 e. The Kier molecular flexibility index (Phi) is 26.8. The minimum absolute atomic E-state index is 0.0831. The van der Waals surface area contributed by atoms with Crippen LogP contribution in [0.1, 0.15) is 271 Å². The molecule has 0 saturated carbocycles. The average molecular weight is 1250 g/mol. The number of rotatable bonds is 17. The Balaban J connectivity index is 0.000000331. The number of benzene rings is 5. The first-order valence-corrected chi connectivity index (χ1v) is 41.7. The quantitative estimate of drug-likeness (QED) is 0.0600. The van der Waals surface area contributed by atoms with Crippen molar-refractivity contribution in [1.29, 1.82) is 0 Å². The summed E-state index contributed by atoms with van der Waals surface area (Å²) in [5, 5.41) is 3.22. The van der Waals surface area contributed by atoms with Crippen molar-refractivity contribution in [2.24, 2.45) is 0 Å². The molecule has 0 aliphatic carbocycles. The van der Waals surface area contributed by atoms with E-state index in [-0.39, 0.29) is 32.5 Å². The van der Waals surface area contributed by atoms with E-state index in [2.05, 4.69) is 305 Å². The predicted octanol–water partition coefficient (Wildman–Crippen LogP) is 24.0. The fourth-order valence-corrected chi connectivity index (χ4v) is 33.6. The zero-order valence-electron chi connectivity index (χ0n) is 59.9. The van der Waals surface area contributed by atoms with Gasteiger partial charge in [-0.05, 0) is 112 Å². The van der Waals surface area contributed by atoms with Crippen molar-refractivity contribution in [3.05, 3.63) is 147 Å². The summed E-state index contributed by atoms with van der Waals surface area (Å²) in [5.41, 5.74) is 17.2. The first kappa shape index (κ1) is 76.0. The van der Waals surface area contributed by atoms with E-state index >= 15 is 0 Å². The molecule has 84 heavy (non-hydrogen) atoms. The standard InChI is InChI=1S/2C27H42SSi.C24H44SSi/c1-19(2)29(20(3)4,22-14-12-11-13-15-22)18-21-16-23(26(5,6)7)25(28)24(17-21)27(8,9)10;1-9-16-29(17-10-2,22-14-12-11-13-15-22)20-21-18-23(26(3,4)5)25(28)24(19-21)27(6,7)8;1-16(2)26(17(3)4,18(5)6)15-19-13-20(23(7,8)9)22(25)21(14-19)24(10,11)12/h11-17,19-20,28H,18H2,1-10H3;11-15,18-19,28H,9-10,16-17,20H2,1-8H3;13-14,16-18,25H,15H2,1-12H3. The third-order valence-corrected chi connectivity index (χ3v) is 40.3. The number of hydrogen-bond acceptors (Lipinski definition) is 3. The Labute approximate surface area is 541 Å². The van der Waals surface area contributed by atoms with Crippen molar-refractivity contribution >= 4 is 72.5 Å². The highest BCUT2D eigenvalue weighted by atomic mass is 32.1. The molecule has 0 heterocycles. The topological polar surface area (TPSA) is 0 Å². The summed E-state index contributed by atoms with van der Waals surface area (Å²) >= 11 is 15.0. The van der Waals surface area contributed by atoms with Gasteiger partial charge in [0.25, 0.3) is 0 Å². The van der Waals surface area contributed by atoms with Crippen LogP contribution in [-0.4, -0.2) is 24.2 Å². The lowest BCUT2D eigenvalue weighted by atomic mass is 9.79. The van der Waals surface area contributed by atoms with Crippen LogP contribution in [0.25, 0.3) is 0 Å². The van der Waals surface area contributed by atoms with Crippen molar-refractivity contribution < 1.29 is 0 Å². The molecule has 5 aromatic rings. The van der Waals surface area contributed by atoms with E-state index in [1.165, 1.54) is 102 Å². The van der Waals surface area contributed by atoms with Crippen LogP contribution in [0.2, 0.25) is 39.8 Å². The smallest absolute Gasteiger partial charge is 0.0960 e. The van der Waals surface area contributed by atoms with E-state index in [9.17, 15) is 0 Å². The summed E-state index contributed by atoms with van der Waals surface area (Å²) in [4.78, 5) is 3.56. The van der Waals surface area contributed by atoms with Gasteiger partial charge in [-0.1, -0.05) is 357 Å². The average Bonchev–Trinajstić information content (AvgIpc) is 2.53. The van der Waals surface area contributed by atoms with Crippen LogP contribution in [0, 0.1) is 0 Å². The van der Waals surface area contributed by atoms with Gasteiger partial charge < -0.3 is 0 Å². The third-order valence-electron chi connectivity index (χ3n) is 19.3. The predicted molar refractivity (Wildman–Crippen MR) is 399 cm³/mol. The van der Waals surface area contributed by atoms with Crippen LogP contribution in [0.3, 0.4) is 0 Å². The molecule has 0 radical (unpaired) electrons.